The zero-order valence-corrected chi connectivity index (χ0v) is 15.8. The number of nitrogens with zero attached hydrogens (tertiary/aromatic N) is 3. The number of hydrogen-bond donors (Lipinski definition) is 2. The molecule has 0 amide bonds. The van der Waals surface area contributed by atoms with Gasteiger partial charge in [-0.2, -0.15) is 0 Å². The molecule has 0 unspecified atom stereocenters. The highest BCUT2D eigenvalue weighted by Crippen LogP contribution is 2.36. The summed E-state index contributed by atoms with van der Waals surface area (Å²) in [5.41, 5.74) is 20.0. The largest absolute Gasteiger partial charge is 0.397 e. The number of hydrogen-bond acceptors (Lipinski definition) is 4. The van der Waals surface area contributed by atoms with Gasteiger partial charge in [0.05, 0.1) is 22.9 Å². The summed E-state index contributed by atoms with van der Waals surface area (Å²) in [6.45, 7) is 6.28. The van der Waals surface area contributed by atoms with Crippen molar-refractivity contribution in [3.05, 3.63) is 51.6 Å². The van der Waals surface area contributed by atoms with E-state index < -0.39 is 0 Å². The molecule has 0 aliphatic heterocycles. The lowest BCUT2D eigenvalue weighted by atomic mass is 9.99. The van der Waals surface area contributed by atoms with Crippen LogP contribution in [0.2, 0.25) is 0 Å². The van der Waals surface area contributed by atoms with Crippen molar-refractivity contribution in [2.45, 2.75) is 20.8 Å². The number of imidazole rings is 1. The van der Waals surface area contributed by atoms with Gasteiger partial charge in [-0.1, -0.05) is 28.1 Å². The van der Waals surface area contributed by atoms with E-state index in [0.29, 0.717) is 11.5 Å². The summed E-state index contributed by atoms with van der Waals surface area (Å²) in [5, 5.41) is 0. The molecule has 0 atom stereocenters. The predicted octanol–water partition coefficient (Wildman–Crippen LogP) is 4.40. The summed E-state index contributed by atoms with van der Waals surface area (Å²) in [6, 6.07) is 7.82. The number of aryl methyl sites for hydroxylation is 2. The number of benzene rings is 2. The van der Waals surface area contributed by atoms with Gasteiger partial charge in [0.15, 0.2) is 0 Å². The van der Waals surface area contributed by atoms with Gasteiger partial charge in [-0.3, -0.25) is 4.40 Å². The van der Waals surface area contributed by atoms with E-state index in [1.54, 1.807) is 6.20 Å². The molecule has 4 rings (SSSR count). The van der Waals surface area contributed by atoms with Crippen LogP contribution in [0, 0.1) is 20.8 Å². The summed E-state index contributed by atoms with van der Waals surface area (Å²) >= 11 is 3.69. The topological polar surface area (TPSA) is 82.2 Å². The first-order chi connectivity index (χ1) is 11.9. The number of halogens is 1. The van der Waals surface area contributed by atoms with E-state index in [9.17, 15) is 0 Å². The standard InChI is InChI=1S/C19H18BrN5/c1-9-7-10(2)16(20)11(3)15(9)19-23-8-14-18(22)24-13-6-4-5-12(21)17(13)25(14)19/h4-8H,21H2,1-3H3,(H2,22,24). The first-order valence-corrected chi connectivity index (χ1v) is 8.77. The highest BCUT2D eigenvalue weighted by atomic mass is 79.9. The number of aromatic nitrogens is 3. The quantitative estimate of drug-likeness (QED) is 0.467. The Labute approximate surface area is 153 Å². The summed E-state index contributed by atoms with van der Waals surface area (Å²) in [7, 11) is 0. The zero-order chi connectivity index (χ0) is 17.9. The Balaban J connectivity index is 2.22. The fourth-order valence-corrected chi connectivity index (χ4v) is 3.82. The molecule has 0 aliphatic carbocycles. The Morgan fingerprint density at radius 3 is 2.60 bits per heavy atom. The summed E-state index contributed by atoms with van der Waals surface area (Å²) in [4.78, 5) is 9.15. The van der Waals surface area contributed by atoms with Crippen molar-refractivity contribution in [3.63, 3.8) is 0 Å². The van der Waals surface area contributed by atoms with E-state index >= 15 is 0 Å². The van der Waals surface area contributed by atoms with E-state index in [-0.39, 0.29) is 0 Å². The first kappa shape index (κ1) is 15.9. The number of anilines is 2. The lowest BCUT2D eigenvalue weighted by molar-refractivity contribution is 1.17. The van der Waals surface area contributed by atoms with Crippen molar-refractivity contribution in [1.82, 2.24) is 14.4 Å². The highest BCUT2D eigenvalue weighted by Gasteiger charge is 2.19. The molecule has 126 valence electrons. The smallest absolute Gasteiger partial charge is 0.150 e. The van der Waals surface area contributed by atoms with Crippen LogP contribution in [0.25, 0.3) is 27.9 Å². The number of nitrogen functional groups attached to an aromatic ring is 2. The maximum Gasteiger partial charge on any atom is 0.150 e. The summed E-state index contributed by atoms with van der Waals surface area (Å²) in [6.07, 6.45) is 1.76. The molecule has 0 spiro atoms. The molecule has 6 heteroatoms. The predicted molar refractivity (Wildman–Crippen MR) is 107 cm³/mol. The molecule has 0 radical (unpaired) electrons. The third-order valence-electron chi connectivity index (χ3n) is 4.64. The summed E-state index contributed by atoms with van der Waals surface area (Å²) < 4.78 is 3.11. The van der Waals surface area contributed by atoms with Crippen molar-refractivity contribution in [3.8, 4) is 11.4 Å². The summed E-state index contributed by atoms with van der Waals surface area (Å²) in [5.74, 6) is 1.26. The van der Waals surface area contributed by atoms with Gasteiger partial charge < -0.3 is 11.5 Å². The maximum atomic E-state index is 6.27. The van der Waals surface area contributed by atoms with Crippen molar-refractivity contribution >= 4 is 44.0 Å². The number of rotatable bonds is 1. The van der Waals surface area contributed by atoms with Crippen LogP contribution in [0.3, 0.4) is 0 Å². The van der Waals surface area contributed by atoms with Gasteiger partial charge in [0.25, 0.3) is 0 Å². The lowest BCUT2D eigenvalue weighted by Crippen LogP contribution is -2.03. The molecule has 0 aliphatic rings. The van der Waals surface area contributed by atoms with E-state index in [1.807, 2.05) is 22.6 Å². The van der Waals surface area contributed by atoms with Crippen LogP contribution in [-0.2, 0) is 0 Å². The van der Waals surface area contributed by atoms with Crippen molar-refractivity contribution in [2.24, 2.45) is 0 Å². The SMILES string of the molecule is Cc1cc(C)c(-c2ncc3c(N)nc4cccc(N)c4n23)c(C)c1Br. The van der Waals surface area contributed by atoms with Gasteiger partial charge in [-0.05, 0) is 49.6 Å². The normalized spacial score (nSPS) is 11.5. The molecular formula is C19H18BrN5. The van der Waals surface area contributed by atoms with Gasteiger partial charge in [-0.15, -0.1) is 0 Å². The van der Waals surface area contributed by atoms with Gasteiger partial charge in [0.1, 0.15) is 17.2 Å². The Bertz CT molecular complexity index is 1160. The first-order valence-electron chi connectivity index (χ1n) is 7.98. The molecule has 0 fully saturated rings. The van der Waals surface area contributed by atoms with Crippen LogP contribution in [0.15, 0.2) is 34.9 Å². The minimum Gasteiger partial charge on any atom is -0.397 e. The second-order valence-electron chi connectivity index (χ2n) is 6.34. The Kier molecular flexibility index (Phi) is 3.47. The Morgan fingerprint density at radius 2 is 1.84 bits per heavy atom. The van der Waals surface area contributed by atoms with Gasteiger partial charge in [0, 0.05) is 10.0 Å². The van der Waals surface area contributed by atoms with E-state index in [2.05, 4.69) is 52.7 Å². The van der Waals surface area contributed by atoms with E-state index in [1.165, 1.54) is 5.56 Å². The second-order valence-corrected chi connectivity index (χ2v) is 7.13. The van der Waals surface area contributed by atoms with Crippen LogP contribution in [0.5, 0.6) is 0 Å². The molecule has 4 N–H and O–H groups in total. The molecule has 2 aromatic carbocycles. The fourth-order valence-electron chi connectivity index (χ4n) is 3.51. The lowest BCUT2D eigenvalue weighted by Gasteiger charge is -2.15. The van der Waals surface area contributed by atoms with E-state index in [0.717, 1.165) is 43.5 Å². The van der Waals surface area contributed by atoms with Gasteiger partial charge in [-0.25, -0.2) is 9.97 Å². The molecular weight excluding hydrogens is 378 g/mol. The molecule has 0 saturated carbocycles. The number of para-hydroxylation sites is 1. The molecule has 2 aromatic heterocycles. The average molecular weight is 396 g/mol. The van der Waals surface area contributed by atoms with Crippen LogP contribution >= 0.6 is 15.9 Å². The minimum atomic E-state index is 0.443. The van der Waals surface area contributed by atoms with Crippen molar-refractivity contribution in [1.29, 1.82) is 0 Å². The van der Waals surface area contributed by atoms with Crippen LogP contribution in [0.4, 0.5) is 11.5 Å². The highest BCUT2D eigenvalue weighted by molar-refractivity contribution is 9.10. The second kappa shape index (κ2) is 5.46. The molecule has 0 saturated heterocycles. The number of fused-ring (bicyclic) bond motifs is 3. The molecule has 4 aromatic rings. The zero-order valence-electron chi connectivity index (χ0n) is 14.3. The maximum absolute atomic E-state index is 6.27. The minimum absolute atomic E-state index is 0.443. The van der Waals surface area contributed by atoms with Gasteiger partial charge >= 0.3 is 0 Å². The molecule has 25 heavy (non-hydrogen) atoms. The van der Waals surface area contributed by atoms with Crippen LogP contribution in [-0.4, -0.2) is 14.4 Å². The van der Waals surface area contributed by atoms with Crippen molar-refractivity contribution < 1.29 is 0 Å². The van der Waals surface area contributed by atoms with Gasteiger partial charge in [0.2, 0.25) is 0 Å². The number of nitrogens with two attached hydrogens (primary N) is 2. The third kappa shape index (κ3) is 2.21. The van der Waals surface area contributed by atoms with Crippen LogP contribution in [0.1, 0.15) is 16.7 Å². The third-order valence-corrected chi connectivity index (χ3v) is 5.86. The average Bonchev–Trinajstić information content (AvgIpc) is 2.98. The molecule has 0 bridgehead atoms. The van der Waals surface area contributed by atoms with Crippen LogP contribution < -0.4 is 11.5 Å². The fraction of sp³-hybridized carbons (Fsp3) is 0.158. The molecule has 5 nitrogen and oxygen atoms in total. The van der Waals surface area contributed by atoms with Crippen molar-refractivity contribution in [2.75, 3.05) is 11.5 Å². The monoisotopic (exact) mass is 395 g/mol. The molecule has 2 heterocycles. The Hall–Kier alpha value is -2.60. The Morgan fingerprint density at radius 1 is 1.08 bits per heavy atom. The van der Waals surface area contributed by atoms with E-state index in [4.69, 9.17) is 11.5 Å².